The Kier molecular flexibility index (Phi) is 4.30. The van der Waals surface area contributed by atoms with Gasteiger partial charge in [-0.25, -0.2) is 13.6 Å². The average molecular weight is 278 g/mol. The van der Waals surface area contributed by atoms with E-state index in [0.717, 1.165) is 17.7 Å². The van der Waals surface area contributed by atoms with Gasteiger partial charge in [0.05, 0.1) is 0 Å². The summed E-state index contributed by atoms with van der Waals surface area (Å²) in [6.07, 6.45) is -1.10. The van der Waals surface area contributed by atoms with Crippen LogP contribution in [-0.2, 0) is 11.2 Å². The van der Waals surface area contributed by atoms with Crippen molar-refractivity contribution in [3.63, 3.8) is 0 Å². The zero-order chi connectivity index (χ0) is 14.5. The second-order valence-electron chi connectivity index (χ2n) is 4.24. The van der Waals surface area contributed by atoms with Crippen molar-refractivity contribution >= 4 is 5.97 Å². The van der Waals surface area contributed by atoms with Crippen molar-refractivity contribution in [2.75, 3.05) is 0 Å². The molecule has 3 nitrogen and oxygen atoms in total. The van der Waals surface area contributed by atoms with E-state index in [4.69, 9.17) is 9.84 Å². The monoisotopic (exact) mass is 278 g/mol. The van der Waals surface area contributed by atoms with Crippen molar-refractivity contribution < 1.29 is 23.4 Å². The Morgan fingerprint density at radius 2 is 1.70 bits per heavy atom. The highest BCUT2D eigenvalue weighted by Gasteiger charge is 2.20. The quantitative estimate of drug-likeness (QED) is 0.914. The molecule has 2 aromatic carbocycles. The Labute approximate surface area is 114 Å². The van der Waals surface area contributed by atoms with E-state index in [9.17, 15) is 13.6 Å². The summed E-state index contributed by atoms with van der Waals surface area (Å²) < 4.78 is 31.2. The molecule has 0 aromatic heterocycles. The van der Waals surface area contributed by atoms with Crippen LogP contribution in [0, 0.1) is 11.6 Å². The molecule has 0 amide bonds. The molecule has 0 aliphatic carbocycles. The van der Waals surface area contributed by atoms with Gasteiger partial charge in [0.2, 0.25) is 0 Å². The zero-order valence-electron chi connectivity index (χ0n) is 10.4. The van der Waals surface area contributed by atoms with E-state index in [1.807, 2.05) is 6.07 Å². The first-order chi connectivity index (χ1) is 9.54. The third-order valence-electron chi connectivity index (χ3n) is 2.65. The van der Waals surface area contributed by atoms with E-state index in [2.05, 4.69) is 0 Å². The normalized spacial score (nSPS) is 11.9. The number of carboxylic acids is 1. The topological polar surface area (TPSA) is 46.5 Å². The maximum absolute atomic E-state index is 13.0. The van der Waals surface area contributed by atoms with E-state index >= 15 is 0 Å². The number of hydrogen-bond acceptors (Lipinski definition) is 2. The lowest BCUT2D eigenvalue weighted by molar-refractivity contribution is -0.145. The molecule has 0 bridgehead atoms. The Hall–Kier alpha value is -2.43. The Bertz CT molecular complexity index is 579. The van der Waals surface area contributed by atoms with Crippen LogP contribution in [0.15, 0.2) is 48.5 Å². The van der Waals surface area contributed by atoms with Crippen LogP contribution in [0.2, 0.25) is 0 Å². The largest absolute Gasteiger partial charge is 0.478 e. The van der Waals surface area contributed by atoms with Crippen molar-refractivity contribution in [1.82, 2.24) is 0 Å². The minimum atomic E-state index is -1.21. The number of carbonyl (C=O) groups is 1. The van der Waals surface area contributed by atoms with E-state index in [-0.39, 0.29) is 12.2 Å². The third kappa shape index (κ3) is 3.78. The summed E-state index contributed by atoms with van der Waals surface area (Å²) in [5, 5.41) is 9.12. The summed E-state index contributed by atoms with van der Waals surface area (Å²) in [6, 6.07) is 11.5. The minimum absolute atomic E-state index is 0.105. The lowest BCUT2D eigenvalue weighted by atomic mass is 10.1. The maximum Gasteiger partial charge on any atom is 0.345 e. The summed E-state index contributed by atoms with van der Waals surface area (Å²) in [5.74, 6) is -2.97. The van der Waals surface area contributed by atoms with Crippen LogP contribution in [0.5, 0.6) is 5.75 Å². The van der Waals surface area contributed by atoms with Gasteiger partial charge in [-0.05, 0) is 5.56 Å². The van der Waals surface area contributed by atoms with Crippen LogP contribution in [-0.4, -0.2) is 17.2 Å². The summed E-state index contributed by atoms with van der Waals surface area (Å²) in [6.45, 7) is 0. The summed E-state index contributed by atoms with van der Waals surface area (Å²) in [7, 11) is 0. The average Bonchev–Trinajstić information content (AvgIpc) is 2.38. The van der Waals surface area contributed by atoms with Crippen molar-refractivity contribution in [2.45, 2.75) is 12.5 Å². The fourth-order valence-electron chi connectivity index (χ4n) is 1.77. The molecule has 20 heavy (non-hydrogen) atoms. The van der Waals surface area contributed by atoms with Crippen molar-refractivity contribution in [3.05, 3.63) is 65.7 Å². The van der Waals surface area contributed by atoms with E-state index in [1.54, 1.807) is 24.3 Å². The van der Waals surface area contributed by atoms with Gasteiger partial charge in [-0.1, -0.05) is 30.3 Å². The number of ether oxygens (including phenoxy) is 1. The van der Waals surface area contributed by atoms with Gasteiger partial charge >= 0.3 is 5.97 Å². The molecule has 0 saturated carbocycles. The maximum atomic E-state index is 13.0. The molecule has 2 aromatic rings. The van der Waals surface area contributed by atoms with Crippen molar-refractivity contribution in [2.24, 2.45) is 0 Å². The molecule has 0 heterocycles. The summed E-state index contributed by atoms with van der Waals surface area (Å²) >= 11 is 0. The van der Waals surface area contributed by atoms with E-state index in [0.29, 0.717) is 6.07 Å². The molecule has 104 valence electrons. The number of rotatable bonds is 5. The smallest absolute Gasteiger partial charge is 0.345 e. The Morgan fingerprint density at radius 3 is 2.25 bits per heavy atom. The molecular weight excluding hydrogens is 266 g/mol. The molecule has 1 atom stereocenters. The van der Waals surface area contributed by atoms with Crippen molar-refractivity contribution in [1.29, 1.82) is 0 Å². The van der Waals surface area contributed by atoms with Gasteiger partial charge in [0.25, 0.3) is 0 Å². The first-order valence-corrected chi connectivity index (χ1v) is 5.94. The molecule has 2 rings (SSSR count). The molecule has 1 N–H and O–H groups in total. The standard InChI is InChI=1S/C15H12F2O3/c16-11-7-12(17)9-13(8-11)20-14(15(18)19)6-10-4-2-1-3-5-10/h1-5,7-9,14H,6H2,(H,18,19). The lowest BCUT2D eigenvalue weighted by Gasteiger charge is -2.15. The lowest BCUT2D eigenvalue weighted by Crippen LogP contribution is -2.29. The van der Waals surface area contributed by atoms with E-state index in [1.165, 1.54) is 0 Å². The van der Waals surface area contributed by atoms with Gasteiger partial charge in [0.15, 0.2) is 6.10 Å². The molecule has 0 spiro atoms. The first-order valence-electron chi connectivity index (χ1n) is 5.94. The molecule has 0 aliphatic rings. The number of carboxylic acid groups (broad SMARTS) is 1. The van der Waals surface area contributed by atoms with Gasteiger partial charge in [-0.3, -0.25) is 0 Å². The van der Waals surface area contributed by atoms with E-state index < -0.39 is 23.7 Å². The molecule has 5 heteroatoms. The fraction of sp³-hybridized carbons (Fsp3) is 0.133. The molecule has 0 saturated heterocycles. The molecular formula is C15H12F2O3. The highest BCUT2D eigenvalue weighted by atomic mass is 19.1. The zero-order valence-corrected chi connectivity index (χ0v) is 10.4. The number of halogens is 2. The van der Waals surface area contributed by atoms with Crippen LogP contribution in [0.1, 0.15) is 5.56 Å². The minimum Gasteiger partial charge on any atom is -0.478 e. The number of hydrogen-bond donors (Lipinski definition) is 1. The van der Waals surface area contributed by atoms with Crippen LogP contribution in [0.25, 0.3) is 0 Å². The number of aliphatic carboxylic acids is 1. The van der Waals surface area contributed by atoms with Crippen LogP contribution < -0.4 is 4.74 Å². The highest BCUT2D eigenvalue weighted by molar-refractivity contribution is 5.73. The fourth-order valence-corrected chi connectivity index (χ4v) is 1.77. The predicted octanol–water partition coefficient (Wildman–Crippen LogP) is 3.04. The second-order valence-corrected chi connectivity index (χ2v) is 4.24. The van der Waals surface area contributed by atoms with Gasteiger partial charge in [0.1, 0.15) is 17.4 Å². The molecule has 0 radical (unpaired) electrons. The van der Waals surface area contributed by atoms with Crippen LogP contribution in [0.4, 0.5) is 8.78 Å². The van der Waals surface area contributed by atoms with Gasteiger partial charge in [0, 0.05) is 24.6 Å². The second kappa shape index (κ2) is 6.14. The van der Waals surface area contributed by atoms with Crippen LogP contribution >= 0.6 is 0 Å². The number of benzene rings is 2. The van der Waals surface area contributed by atoms with Gasteiger partial charge < -0.3 is 9.84 Å². The molecule has 0 fully saturated rings. The van der Waals surface area contributed by atoms with Crippen molar-refractivity contribution in [3.8, 4) is 5.75 Å². The summed E-state index contributed by atoms with van der Waals surface area (Å²) in [5.41, 5.74) is 0.761. The predicted molar refractivity (Wildman–Crippen MR) is 68.6 cm³/mol. The Morgan fingerprint density at radius 1 is 1.10 bits per heavy atom. The first kappa shape index (κ1) is 14.0. The SMILES string of the molecule is O=C(O)C(Cc1ccccc1)Oc1cc(F)cc(F)c1. The highest BCUT2D eigenvalue weighted by Crippen LogP contribution is 2.18. The third-order valence-corrected chi connectivity index (χ3v) is 2.65. The molecule has 1 unspecified atom stereocenters. The van der Waals surface area contributed by atoms with Crippen LogP contribution in [0.3, 0.4) is 0 Å². The van der Waals surface area contributed by atoms with Gasteiger partial charge in [-0.2, -0.15) is 0 Å². The summed E-state index contributed by atoms with van der Waals surface area (Å²) in [4.78, 5) is 11.2. The molecule has 0 aliphatic heterocycles. The van der Waals surface area contributed by atoms with Gasteiger partial charge in [-0.15, -0.1) is 0 Å². The Balaban J connectivity index is 2.15.